The molecule has 124 valence electrons. The topological polar surface area (TPSA) is 79.5 Å². The fraction of sp³-hybridized carbons (Fsp3) is 0.667. The minimum Gasteiger partial charge on any atom is -0.461 e. The lowest BCUT2D eigenvalue weighted by Crippen LogP contribution is -2.38. The summed E-state index contributed by atoms with van der Waals surface area (Å²) in [5.41, 5.74) is 1.15. The number of ether oxygens (including phenoxy) is 1. The molecular weight excluding hydrogens is 304 g/mol. The van der Waals surface area contributed by atoms with E-state index in [0.29, 0.717) is 30.3 Å². The van der Waals surface area contributed by atoms with Gasteiger partial charge in [-0.25, -0.2) is 13.2 Å². The molecule has 0 radical (unpaired) electrons. The van der Waals surface area contributed by atoms with Crippen molar-refractivity contribution < 1.29 is 17.9 Å². The Morgan fingerprint density at radius 2 is 1.91 bits per heavy atom. The molecule has 1 fully saturated rings. The zero-order chi connectivity index (χ0) is 16.5. The van der Waals surface area contributed by atoms with Crippen LogP contribution in [-0.2, 0) is 14.8 Å². The fourth-order valence-corrected chi connectivity index (χ4v) is 4.76. The summed E-state index contributed by atoms with van der Waals surface area (Å²) in [6.45, 7) is 8.49. The quantitative estimate of drug-likeness (QED) is 0.860. The number of hydrogen-bond donors (Lipinski definition) is 1. The van der Waals surface area contributed by atoms with Gasteiger partial charge in [-0.15, -0.1) is 0 Å². The number of aryl methyl sites for hydroxylation is 1. The van der Waals surface area contributed by atoms with Crippen molar-refractivity contribution in [2.75, 3.05) is 19.7 Å². The lowest BCUT2D eigenvalue weighted by atomic mass is 10.0. The van der Waals surface area contributed by atoms with E-state index in [-0.39, 0.29) is 17.2 Å². The number of aromatic amines is 1. The van der Waals surface area contributed by atoms with Gasteiger partial charge in [-0.1, -0.05) is 6.92 Å². The monoisotopic (exact) mass is 328 g/mol. The van der Waals surface area contributed by atoms with E-state index in [0.717, 1.165) is 12.8 Å². The van der Waals surface area contributed by atoms with Crippen LogP contribution in [0.4, 0.5) is 0 Å². The summed E-state index contributed by atoms with van der Waals surface area (Å²) in [6.07, 6.45) is 1.74. The molecule has 0 unspecified atom stereocenters. The lowest BCUT2D eigenvalue weighted by molar-refractivity contribution is 0.0519. The first kappa shape index (κ1) is 17.0. The van der Waals surface area contributed by atoms with Gasteiger partial charge in [0.2, 0.25) is 10.0 Å². The van der Waals surface area contributed by atoms with Crippen molar-refractivity contribution in [3.05, 3.63) is 17.0 Å². The molecular formula is C15H24N2O4S. The molecule has 1 aromatic heterocycles. The van der Waals surface area contributed by atoms with Crippen molar-refractivity contribution in [2.45, 2.75) is 45.4 Å². The Labute approximate surface area is 131 Å². The molecule has 7 heteroatoms. The molecule has 0 saturated carbocycles. The van der Waals surface area contributed by atoms with E-state index in [1.165, 1.54) is 4.31 Å². The highest BCUT2D eigenvalue weighted by molar-refractivity contribution is 7.89. The van der Waals surface area contributed by atoms with Gasteiger partial charge in [0.05, 0.1) is 6.61 Å². The van der Waals surface area contributed by atoms with E-state index in [1.54, 1.807) is 20.8 Å². The largest absolute Gasteiger partial charge is 0.461 e. The van der Waals surface area contributed by atoms with Crippen LogP contribution >= 0.6 is 0 Å². The second-order valence-electron chi connectivity index (χ2n) is 5.89. The number of sulfonamides is 1. The van der Waals surface area contributed by atoms with Gasteiger partial charge in [-0.2, -0.15) is 4.31 Å². The van der Waals surface area contributed by atoms with Crippen LogP contribution < -0.4 is 0 Å². The minimum absolute atomic E-state index is 0.213. The number of nitrogens with zero attached hydrogens (tertiary/aromatic N) is 1. The molecule has 1 N–H and O–H groups in total. The van der Waals surface area contributed by atoms with Crippen LogP contribution in [0.5, 0.6) is 0 Å². The molecule has 1 aliphatic rings. The van der Waals surface area contributed by atoms with E-state index in [9.17, 15) is 13.2 Å². The zero-order valence-electron chi connectivity index (χ0n) is 13.6. The Morgan fingerprint density at radius 3 is 2.45 bits per heavy atom. The molecule has 0 atom stereocenters. The molecule has 2 heterocycles. The molecule has 6 nitrogen and oxygen atoms in total. The SMILES string of the molecule is CCOC(=O)c1[nH]c(C)c(S(=O)(=O)N2CCC(C)CC2)c1C. The number of esters is 1. The average Bonchev–Trinajstić information content (AvgIpc) is 2.75. The number of hydrogen-bond acceptors (Lipinski definition) is 4. The van der Waals surface area contributed by atoms with Crippen LogP contribution in [-0.4, -0.2) is 43.4 Å². The van der Waals surface area contributed by atoms with Gasteiger partial charge in [-0.3, -0.25) is 0 Å². The van der Waals surface area contributed by atoms with Crippen molar-refractivity contribution in [3.8, 4) is 0 Å². The highest BCUT2D eigenvalue weighted by Gasteiger charge is 2.33. The predicted molar refractivity (Wildman–Crippen MR) is 83.4 cm³/mol. The summed E-state index contributed by atoms with van der Waals surface area (Å²) >= 11 is 0. The summed E-state index contributed by atoms with van der Waals surface area (Å²) in [5.74, 6) is 0.0341. The van der Waals surface area contributed by atoms with Gasteiger partial charge in [0.25, 0.3) is 0 Å². The van der Waals surface area contributed by atoms with Crippen LogP contribution in [0.2, 0.25) is 0 Å². The number of carbonyl (C=O) groups excluding carboxylic acids is 1. The van der Waals surface area contributed by atoms with Crippen molar-refractivity contribution in [3.63, 3.8) is 0 Å². The third kappa shape index (κ3) is 3.05. The first-order chi connectivity index (χ1) is 10.3. The van der Waals surface area contributed by atoms with E-state index < -0.39 is 16.0 Å². The fourth-order valence-electron chi connectivity index (χ4n) is 2.88. The van der Waals surface area contributed by atoms with Gasteiger partial charge in [-0.05, 0) is 39.5 Å². The number of piperidine rings is 1. The first-order valence-electron chi connectivity index (χ1n) is 7.65. The second-order valence-corrected chi connectivity index (χ2v) is 7.76. The molecule has 22 heavy (non-hydrogen) atoms. The summed E-state index contributed by atoms with van der Waals surface area (Å²) in [7, 11) is -3.58. The van der Waals surface area contributed by atoms with Crippen LogP contribution in [0, 0.1) is 19.8 Å². The molecule has 0 amide bonds. The standard InChI is InChI=1S/C15H24N2O4S/c1-5-21-15(18)13-11(3)14(12(4)16-13)22(19,20)17-8-6-10(2)7-9-17/h10,16H,5-9H2,1-4H3. The second kappa shape index (κ2) is 6.42. The maximum Gasteiger partial charge on any atom is 0.355 e. The first-order valence-corrected chi connectivity index (χ1v) is 9.09. The molecule has 1 saturated heterocycles. The third-order valence-corrected chi connectivity index (χ3v) is 6.36. The molecule has 1 aromatic rings. The Morgan fingerprint density at radius 1 is 1.32 bits per heavy atom. The van der Waals surface area contributed by atoms with Gasteiger partial charge >= 0.3 is 5.97 Å². The zero-order valence-corrected chi connectivity index (χ0v) is 14.4. The number of rotatable bonds is 4. The van der Waals surface area contributed by atoms with Crippen molar-refractivity contribution >= 4 is 16.0 Å². The molecule has 0 aromatic carbocycles. The molecule has 0 spiro atoms. The van der Waals surface area contributed by atoms with Crippen molar-refractivity contribution in [1.82, 2.24) is 9.29 Å². The van der Waals surface area contributed by atoms with E-state index in [1.807, 2.05) is 0 Å². The summed E-state index contributed by atoms with van der Waals surface area (Å²) in [4.78, 5) is 15.0. The van der Waals surface area contributed by atoms with Crippen molar-refractivity contribution in [1.29, 1.82) is 0 Å². The normalized spacial score (nSPS) is 17.6. The summed E-state index contributed by atoms with van der Waals surface area (Å²) < 4.78 is 32.3. The Balaban J connectivity index is 2.37. The van der Waals surface area contributed by atoms with Gasteiger partial charge in [0, 0.05) is 24.3 Å². The van der Waals surface area contributed by atoms with E-state index in [4.69, 9.17) is 4.74 Å². The Hall–Kier alpha value is -1.34. The number of carbonyl (C=O) groups is 1. The summed E-state index contributed by atoms with van der Waals surface area (Å²) in [6, 6.07) is 0. The minimum atomic E-state index is -3.58. The predicted octanol–water partition coefficient (Wildman–Crippen LogP) is 2.23. The number of H-pyrrole nitrogens is 1. The third-order valence-electron chi connectivity index (χ3n) is 4.19. The smallest absolute Gasteiger partial charge is 0.355 e. The molecule has 0 aliphatic carbocycles. The maximum atomic E-state index is 12.9. The number of nitrogens with one attached hydrogen (secondary N) is 1. The highest BCUT2D eigenvalue weighted by Crippen LogP contribution is 2.29. The summed E-state index contributed by atoms with van der Waals surface area (Å²) in [5, 5.41) is 0. The molecule has 2 rings (SSSR count). The maximum absolute atomic E-state index is 12.9. The van der Waals surface area contributed by atoms with Gasteiger partial charge < -0.3 is 9.72 Å². The molecule has 0 bridgehead atoms. The van der Waals surface area contributed by atoms with Crippen LogP contribution in [0.25, 0.3) is 0 Å². The van der Waals surface area contributed by atoms with Gasteiger partial charge in [0.15, 0.2) is 0 Å². The van der Waals surface area contributed by atoms with Crippen LogP contribution in [0.15, 0.2) is 4.90 Å². The Bertz CT molecular complexity index is 655. The average molecular weight is 328 g/mol. The van der Waals surface area contributed by atoms with Crippen molar-refractivity contribution in [2.24, 2.45) is 5.92 Å². The van der Waals surface area contributed by atoms with Crippen LogP contribution in [0.3, 0.4) is 0 Å². The van der Waals surface area contributed by atoms with Gasteiger partial charge in [0.1, 0.15) is 10.6 Å². The molecule has 1 aliphatic heterocycles. The van der Waals surface area contributed by atoms with E-state index >= 15 is 0 Å². The van der Waals surface area contributed by atoms with Crippen LogP contribution in [0.1, 0.15) is 48.4 Å². The van der Waals surface area contributed by atoms with E-state index in [2.05, 4.69) is 11.9 Å². The Kier molecular flexibility index (Phi) is 4.97. The number of aromatic nitrogens is 1. The highest BCUT2D eigenvalue weighted by atomic mass is 32.2. The lowest BCUT2D eigenvalue weighted by Gasteiger charge is -2.29.